The van der Waals surface area contributed by atoms with Crippen LogP contribution in [0.2, 0.25) is 15.3 Å². The lowest BCUT2D eigenvalue weighted by Crippen LogP contribution is -2.13. The number of nitrogens with zero attached hydrogens (tertiary/aromatic N) is 4. The van der Waals surface area contributed by atoms with Gasteiger partial charge in [0.15, 0.2) is 0 Å². The number of rotatable bonds is 3. The maximum Gasteiger partial charge on any atom is 0.328 e. The van der Waals surface area contributed by atoms with Gasteiger partial charge in [-0.25, -0.2) is 0 Å². The topological polar surface area (TPSA) is 51.1 Å². The molecule has 0 aliphatic rings. The molecule has 100 valence electrons. The Bertz CT molecular complexity index is 606. The molecule has 1 aromatic carbocycles. The molecule has 0 bridgehead atoms. The van der Waals surface area contributed by atoms with Crippen molar-refractivity contribution in [3.8, 4) is 11.8 Å². The zero-order chi connectivity index (χ0) is 14.0. The summed E-state index contributed by atoms with van der Waals surface area (Å²) in [6, 6.07) is 4.93. The molecule has 0 fully saturated rings. The van der Waals surface area contributed by atoms with Gasteiger partial charge in [-0.1, -0.05) is 23.2 Å². The van der Waals surface area contributed by atoms with Gasteiger partial charge < -0.3 is 9.64 Å². The smallest absolute Gasteiger partial charge is 0.328 e. The van der Waals surface area contributed by atoms with Crippen LogP contribution in [-0.2, 0) is 0 Å². The van der Waals surface area contributed by atoms with E-state index in [0.717, 1.165) is 0 Å². The van der Waals surface area contributed by atoms with Crippen LogP contribution in [0.25, 0.3) is 0 Å². The Kier molecular flexibility index (Phi) is 4.29. The van der Waals surface area contributed by atoms with Gasteiger partial charge in [-0.2, -0.15) is 15.0 Å². The SMILES string of the molecule is CN(C)c1nc(Cl)nc(Oc2ccc(Cl)c(Cl)c2)n1. The van der Waals surface area contributed by atoms with Gasteiger partial charge in [0.1, 0.15) is 5.75 Å². The first-order chi connectivity index (χ1) is 8.95. The fraction of sp³-hybridized carbons (Fsp3) is 0.182. The van der Waals surface area contributed by atoms with E-state index in [-0.39, 0.29) is 11.3 Å². The first kappa shape index (κ1) is 14.1. The molecule has 8 heteroatoms. The minimum Gasteiger partial charge on any atom is -0.424 e. The zero-order valence-electron chi connectivity index (χ0n) is 10.1. The predicted molar refractivity (Wildman–Crippen MR) is 75.7 cm³/mol. The number of halogens is 3. The van der Waals surface area contributed by atoms with Crippen molar-refractivity contribution in [1.29, 1.82) is 0 Å². The molecule has 0 saturated carbocycles. The Morgan fingerprint density at radius 2 is 1.74 bits per heavy atom. The third kappa shape index (κ3) is 3.59. The number of hydrogen-bond donors (Lipinski definition) is 0. The van der Waals surface area contributed by atoms with E-state index in [4.69, 9.17) is 39.5 Å². The summed E-state index contributed by atoms with van der Waals surface area (Å²) in [6.07, 6.45) is 0. The summed E-state index contributed by atoms with van der Waals surface area (Å²) in [5.41, 5.74) is 0. The Labute approximate surface area is 125 Å². The van der Waals surface area contributed by atoms with Gasteiger partial charge in [-0.05, 0) is 23.7 Å². The zero-order valence-corrected chi connectivity index (χ0v) is 12.3. The number of anilines is 1. The van der Waals surface area contributed by atoms with Gasteiger partial charge in [0.05, 0.1) is 10.0 Å². The van der Waals surface area contributed by atoms with Crippen molar-refractivity contribution in [2.24, 2.45) is 0 Å². The molecule has 1 aromatic heterocycles. The lowest BCUT2D eigenvalue weighted by atomic mass is 10.3. The molecule has 0 amide bonds. The normalized spacial score (nSPS) is 10.4. The second kappa shape index (κ2) is 5.77. The molecular formula is C11H9Cl3N4O. The van der Waals surface area contributed by atoms with Crippen molar-refractivity contribution in [1.82, 2.24) is 15.0 Å². The van der Waals surface area contributed by atoms with Crippen molar-refractivity contribution in [3.63, 3.8) is 0 Å². The number of aromatic nitrogens is 3. The monoisotopic (exact) mass is 318 g/mol. The minimum absolute atomic E-state index is 0.0498. The van der Waals surface area contributed by atoms with E-state index < -0.39 is 0 Å². The first-order valence-corrected chi connectivity index (χ1v) is 6.31. The summed E-state index contributed by atoms with van der Waals surface area (Å²) in [5, 5.41) is 0.873. The molecule has 0 aliphatic heterocycles. The molecule has 0 saturated heterocycles. The van der Waals surface area contributed by atoms with Gasteiger partial charge in [-0.3, -0.25) is 0 Å². The Morgan fingerprint density at radius 1 is 1.00 bits per heavy atom. The average molecular weight is 320 g/mol. The number of hydrogen-bond acceptors (Lipinski definition) is 5. The minimum atomic E-state index is 0.0498. The predicted octanol–water partition coefficient (Wildman–Crippen LogP) is 3.69. The summed E-state index contributed by atoms with van der Waals surface area (Å²) in [7, 11) is 3.57. The van der Waals surface area contributed by atoms with Crippen molar-refractivity contribution >= 4 is 40.8 Å². The molecule has 0 aliphatic carbocycles. The second-order valence-electron chi connectivity index (χ2n) is 3.76. The molecule has 0 N–H and O–H groups in total. The number of benzene rings is 1. The van der Waals surface area contributed by atoms with E-state index in [1.54, 1.807) is 37.2 Å². The average Bonchev–Trinajstić information content (AvgIpc) is 2.33. The van der Waals surface area contributed by atoms with E-state index in [0.29, 0.717) is 21.7 Å². The van der Waals surface area contributed by atoms with E-state index in [1.807, 2.05) is 0 Å². The highest BCUT2D eigenvalue weighted by atomic mass is 35.5. The largest absolute Gasteiger partial charge is 0.424 e. The molecular weight excluding hydrogens is 311 g/mol. The highest BCUT2D eigenvalue weighted by Gasteiger charge is 2.09. The van der Waals surface area contributed by atoms with Crippen LogP contribution in [0.15, 0.2) is 18.2 Å². The Morgan fingerprint density at radius 3 is 2.37 bits per heavy atom. The van der Waals surface area contributed by atoms with E-state index in [2.05, 4.69) is 15.0 Å². The van der Waals surface area contributed by atoms with Crippen LogP contribution in [0, 0.1) is 0 Å². The molecule has 5 nitrogen and oxygen atoms in total. The molecule has 2 rings (SSSR count). The summed E-state index contributed by atoms with van der Waals surface area (Å²) in [6.45, 7) is 0. The first-order valence-electron chi connectivity index (χ1n) is 5.17. The van der Waals surface area contributed by atoms with Crippen molar-refractivity contribution in [3.05, 3.63) is 33.5 Å². The summed E-state index contributed by atoms with van der Waals surface area (Å²) in [4.78, 5) is 13.6. The van der Waals surface area contributed by atoms with Crippen LogP contribution in [-0.4, -0.2) is 29.0 Å². The van der Waals surface area contributed by atoms with Crippen molar-refractivity contribution < 1.29 is 4.74 Å². The molecule has 19 heavy (non-hydrogen) atoms. The van der Waals surface area contributed by atoms with Crippen LogP contribution < -0.4 is 9.64 Å². The van der Waals surface area contributed by atoms with Gasteiger partial charge in [-0.15, -0.1) is 0 Å². The highest BCUT2D eigenvalue weighted by Crippen LogP contribution is 2.28. The molecule has 0 atom stereocenters. The fourth-order valence-corrected chi connectivity index (χ4v) is 1.65. The maximum absolute atomic E-state index is 5.89. The molecule has 0 radical (unpaired) electrons. The van der Waals surface area contributed by atoms with E-state index in [1.165, 1.54) is 0 Å². The van der Waals surface area contributed by atoms with Crippen LogP contribution >= 0.6 is 34.8 Å². The van der Waals surface area contributed by atoms with Crippen LogP contribution in [0.5, 0.6) is 11.8 Å². The van der Waals surface area contributed by atoms with E-state index >= 15 is 0 Å². The third-order valence-corrected chi connectivity index (χ3v) is 2.98. The molecule has 2 aromatic rings. The van der Waals surface area contributed by atoms with Crippen LogP contribution in [0.1, 0.15) is 0 Å². The van der Waals surface area contributed by atoms with E-state index in [9.17, 15) is 0 Å². The summed E-state index contributed by atoms with van der Waals surface area (Å²) < 4.78 is 5.47. The lowest BCUT2D eigenvalue weighted by Gasteiger charge is -2.11. The lowest BCUT2D eigenvalue weighted by molar-refractivity contribution is 0.439. The second-order valence-corrected chi connectivity index (χ2v) is 4.91. The number of ether oxygens (including phenoxy) is 1. The quantitative estimate of drug-likeness (QED) is 0.863. The van der Waals surface area contributed by atoms with Gasteiger partial charge >= 0.3 is 6.01 Å². The van der Waals surface area contributed by atoms with Crippen LogP contribution in [0.4, 0.5) is 5.95 Å². The van der Waals surface area contributed by atoms with Crippen molar-refractivity contribution in [2.45, 2.75) is 0 Å². The highest BCUT2D eigenvalue weighted by molar-refractivity contribution is 6.42. The van der Waals surface area contributed by atoms with Gasteiger partial charge in [0.2, 0.25) is 11.2 Å². The summed E-state index contributed by atoms with van der Waals surface area (Å²) in [5.74, 6) is 0.858. The third-order valence-electron chi connectivity index (χ3n) is 2.08. The van der Waals surface area contributed by atoms with Crippen molar-refractivity contribution in [2.75, 3.05) is 19.0 Å². The van der Waals surface area contributed by atoms with Gasteiger partial charge in [0, 0.05) is 20.2 Å². The Balaban J connectivity index is 2.29. The molecule has 1 heterocycles. The maximum atomic E-state index is 5.89. The Hall–Kier alpha value is -1.30. The molecule has 0 spiro atoms. The fourth-order valence-electron chi connectivity index (χ4n) is 1.21. The van der Waals surface area contributed by atoms with Crippen LogP contribution in [0.3, 0.4) is 0 Å². The standard InChI is InChI=1S/C11H9Cl3N4O/c1-18(2)10-15-9(14)16-11(17-10)19-6-3-4-7(12)8(13)5-6/h3-5H,1-2H3. The molecule has 0 unspecified atom stereocenters. The van der Waals surface area contributed by atoms with Gasteiger partial charge in [0.25, 0.3) is 0 Å². The summed E-state index contributed by atoms with van der Waals surface area (Å²) >= 11 is 17.5.